The summed E-state index contributed by atoms with van der Waals surface area (Å²) < 4.78 is 0. The summed E-state index contributed by atoms with van der Waals surface area (Å²) in [5.74, 6) is 1.44. The van der Waals surface area contributed by atoms with Gasteiger partial charge in [-0.05, 0) is 31.2 Å². The molecule has 0 spiro atoms. The van der Waals surface area contributed by atoms with E-state index in [0.717, 1.165) is 25.0 Å². The molecule has 4 rings (SSSR count). The summed E-state index contributed by atoms with van der Waals surface area (Å²) in [6, 6.07) is 10.8. The van der Waals surface area contributed by atoms with Gasteiger partial charge in [-0.25, -0.2) is 0 Å². The van der Waals surface area contributed by atoms with Gasteiger partial charge in [0, 0.05) is 13.1 Å². The molecule has 0 atom stereocenters. The van der Waals surface area contributed by atoms with Crippen molar-refractivity contribution in [3.05, 3.63) is 56.5 Å². The Morgan fingerprint density at radius 3 is 1.47 bits per heavy atom. The Morgan fingerprint density at radius 1 is 0.733 bits per heavy atom. The number of guanidine groups is 2. The van der Waals surface area contributed by atoms with Gasteiger partial charge < -0.3 is 20.4 Å². The van der Waals surface area contributed by atoms with Crippen LogP contribution in [0.3, 0.4) is 0 Å². The summed E-state index contributed by atoms with van der Waals surface area (Å²) in [4.78, 5) is 13.5. The maximum absolute atomic E-state index is 6.32. The molecule has 2 aliphatic heterocycles. The van der Waals surface area contributed by atoms with Gasteiger partial charge in [0.25, 0.3) is 0 Å². The lowest BCUT2D eigenvalue weighted by molar-refractivity contribution is 0.199. The average Bonchev–Trinajstić information content (AvgIpc) is 3.37. The Labute approximate surface area is 195 Å². The third-order valence-electron chi connectivity index (χ3n) is 5.05. The van der Waals surface area contributed by atoms with E-state index in [2.05, 4.69) is 37.3 Å². The van der Waals surface area contributed by atoms with Gasteiger partial charge in [-0.15, -0.1) is 0 Å². The zero-order valence-electron chi connectivity index (χ0n) is 16.2. The molecule has 2 heterocycles. The van der Waals surface area contributed by atoms with Crippen molar-refractivity contribution in [3.8, 4) is 0 Å². The minimum absolute atomic E-state index is 0.0185. The first-order valence-electron chi connectivity index (χ1n) is 9.50. The smallest absolute Gasteiger partial charge is 0.200 e. The van der Waals surface area contributed by atoms with Gasteiger partial charge in [0.15, 0.2) is 11.9 Å². The second kappa shape index (κ2) is 9.10. The van der Waals surface area contributed by atoms with Gasteiger partial charge in [0.05, 0.1) is 44.6 Å². The Balaban J connectivity index is 1.51. The molecular weight excluding hydrogens is 466 g/mol. The standard InChI is InChI=1S/C20H20Cl4N6/c1-12(29-10-8-25-19(29)27-17-13(21)4-2-5-14(17)22)30-11-9-26-20(30)28-18-15(23)6-3-7-16(18)24/h2-7,12H,8-11H2,1H3,(H,25,27)(H,26,28). The monoisotopic (exact) mass is 484 g/mol. The molecule has 0 saturated heterocycles. The summed E-state index contributed by atoms with van der Waals surface area (Å²) >= 11 is 25.3. The van der Waals surface area contributed by atoms with E-state index >= 15 is 0 Å². The highest BCUT2D eigenvalue weighted by molar-refractivity contribution is 6.40. The van der Waals surface area contributed by atoms with Crippen molar-refractivity contribution in [2.24, 2.45) is 9.98 Å². The predicted molar refractivity (Wildman–Crippen MR) is 128 cm³/mol. The lowest BCUT2D eigenvalue weighted by atomic mass is 10.3. The molecule has 0 fully saturated rings. The molecule has 6 nitrogen and oxygen atoms in total. The summed E-state index contributed by atoms with van der Waals surface area (Å²) in [6.07, 6.45) is -0.0185. The van der Waals surface area contributed by atoms with E-state index in [-0.39, 0.29) is 6.17 Å². The van der Waals surface area contributed by atoms with Crippen LogP contribution in [0.25, 0.3) is 0 Å². The van der Waals surface area contributed by atoms with E-state index in [1.807, 2.05) is 12.1 Å². The molecule has 0 aliphatic carbocycles. The number of nitrogens with zero attached hydrogens (tertiary/aromatic N) is 4. The number of benzene rings is 2. The maximum atomic E-state index is 6.32. The SMILES string of the molecule is CC(N1CCN=C1Nc1c(Cl)cccc1Cl)N1CCN=C1Nc1c(Cl)cccc1Cl. The molecule has 0 aromatic heterocycles. The lowest BCUT2D eigenvalue weighted by Gasteiger charge is -2.36. The van der Waals surface area contributed by atoms with Crippen molar-refractivity contribution >= 4 is 69.7 Å². The van der Waals surface area contributed by atoms with Gasteiger partial charge in [0.2, 0.25) is 0 Å². The fraction of sp³-hybridized carbons (Fsp3) is 0.300. The topological polar surface area (TPSA) is 55.3 Å². The number of para-hydroxylation sites is 2. The maximum Gasteiger partial charge on any atom is 0.200 e. The number of nitrogens with one attached hydrogen (secondary N) is 2. The van der Waals surface area contributed by atoms with E-state index in [9.17, 15) is 0 Å². The largest absolute Gasteiger partial charge is 0.324 e. The van der Waals surface area contributed by atoms with Crippen LogP contribution >= 0.6 is 46.4 Å². The fourth-order valence-electron chi connectivity index (χ4n) is 3.50. The first-order valence-corrected chi connectivity index (χ1v) is 11.0. The third kappa shape index (κ3) is 4.28. The van der Waals surface area contributed by atoms with Crippen LogP contribution in [0.2, 0.25) is 20.1 Å². The molecule has 0 saturated carbocycles. The molecule has 10 heteroatoms. The average molecular weight is 486 g/mol. The van der Waals surface area contributed by atoms with Crippen molar-refractivity contribution in [1.82, 2.24) is 9.80 Å². The lowest BCUT2D eigenvalue weighted by Crippen LogP contribution is -2.52. The Kier molecular flexibility index (Phi) is 6.48. The van der Waals surface area contributed by atoms with Gasteiger partial charge in [0.1, 0.15) is 6.17 Å². The van der Waals surface area contributed by atoms with Crippen LogP contribution in [0, 0.1) is 0 Å². The second-order valence-corrected chi connectivity index (χ2v) is 8.50. The molecular formula is C20H20Cl4N6. The molecule has 0 amide bonds. The summed E-state index contributed by atoms with van der Waals surface area (Å²) in [6.45, 7) is 5.00. The van der Waals surface area contributed by atoms with E-state index < -0.39 is 0 Å². The Bertz CT molecular complexity index is 889. The molecule has 0 bridgehead atoms. The van der Waals surface area contributed by atoms with E-state index in [1.54, 1.807) is 24.3 Å². The van der Waals surface area contributed by atoms with E-state index in [0.29, 0.717) is 44.6 Å². The number of anilines is 2. The molecule has 2 aliphatic rings. The van der Waals surface area contributed by atoms with Crippen LogP contribution in [-0.4, -0.2) is 54.1 Å². The quantitative estimate of drug-likeness (QED) is 0.599. The molecule has 2 N–H and O–H groups in total. The predicted octanol–water partition coefficient (Wildman–Crippen LogP) is 5.51. The van der Waals surface area contributed by atoms with E-state index in [4.69, 9.17) is 46.4 Å². The molecule has 2 aromatic rings. The molecule has 30 heavy (non-hydrogen) atoms. The minimum Gasteiger partial charge on any atom is -0.324 e. The van der Waals surface area contributed by atoms with E-state index in [1.165, 1.54) is 0 Å². The van der Waals surface area contributed by atoms with Crippen LogP contribution in [0.15, 0.2) is 46.4 Å². The summed E-state index contributed by atoms with van der Waals surface area (Å²) in [5, 5.41) is 8.77. The zero-order valence-corrected chi connectivity index (χ0v) is 19.2. The minimum atomic E-state index is -0.0185. The second-order valence-electron chi connectivity index (χ2n) is 6.87. The zero-order chi connectivity index (χ0) is 21.3. The Morgan fingerprint density at radius 2 is 1.10 bits per heavy atom. The molecule has 2 aromatic carbocycles. The Hall–Kier alpha value is -1.86. The van der Waals surface area contributed by atoms with Gasteiger partial charge >= 0.3 is 0 Å². The molecule has 0 radical (unpaired) electrons. The fourth-order valence-corrected chi connectivity index (χ4v) is 4.48. The van der Waals surface area contributed by atoms with Crippen LogP contribution in [-0.2, 0) is 0 Å². The number of hydrogen-bond acceptors (Lipinski definition) is 6. The highest BCUT2D eigenvalue weighted by Crippen LogP contribution is 2.32. The summed E-state index contributed by atoms with van der Waals surface area (Å²) in [7, 11) is 0. The van der Waals surface area contributed by atoms with Crippen LogP contribution in [0.4, 0.5) is 11.4 Å². The molecule has 158 valence electrons. The van der Waals surface area contributed by atoms with Crippen LogP contribution < -0.4 is 10.6 Å². The number of aliphatic imine (C=N–C) groups is 2. The first kappa shape index (κ1) is 21.4. The normalized spacial score (nSPS) is 16.2. The highest BCUT2D eigenvalue weighted by atomic mass is 35.5. The number of hydrogen-bond donors (Lipinski definition) is 2. The van der Waals surface area contributed by atoms with Crippen molar-refractivity contribution < 1.29 is 0 Å². The van der Waals surface area contributed by atoms with Crippen LogP contribution in [0.5, 0.6) is 0 Å². The van der Waals surface area contributed by atoms with Gasteiger partial charge in [-0.2, -0.15) is 0 Å². The first-order chi connectivity index (χ1) is 14.5. The van der Waals surface area contributed by atoms with Crippen LogP contribution in [0.1, 0.15) is 6.92 Å². The van der Waals surface area contributed by atoms with Crippen molar-refractivity contribution in [2.45, 2.75) is 13.1 Å². The van der Waals surface area contributed by atoms with Crippen molar-refractivity contribution in [1.29, 1.82) is 0 Å². The van der Waals surface area contributed by atoms with Crippen molar-refractivity contribution in [3.63, 3.8) is 0 Å². The number of halogens is 4. The summed E-state index contributed by atoms with van der Waals surface area (Å²) in [5.41, 5.74) is 1.30. The van der Waals surface area contributed by atoms with Gasteiger partial charge in [-0.1, -0.05) is 58.5 Å². The third-order valence-corrected chi connectivity index (χ3v) is 6.31. The van der Waals surface area contributed by atoms with Gasteiger partial charge in [-0.3, -0.25) is 9.98 Å². The van der Waals surface area contributed by atoms with Crippen molar-refractivity contribution in [2.75, 3.05) is 36.8 Å². The number of rotatable bonds is 4. The highest BCUT2D eigenvalue weighted by Gasteiger charge is 2.31. The molecule has 0 unspecified atom stereocenters.